The molecule has 2 aromatic rings. The first-order valence-electron chi connectivity index (χ1n) is 6.85. The number of benzene rings is 1. The number of ether oxygens (including phenoxy) is 1. The molecular formula is C16H15ClN2O4S. The Morgan fingerprint density at radius 3 is 2.71 bits per heavy atom. The number of nitrogens with zero attached hydrogens (tertiary/aromatic N) is 1. The van der Waals surface area contributed by atoms with Crippen molar-refractivity contribution < 1.29 is 17.9 Å². The second-order valence-electron chi connectivity index (χ2n) is 4.79. The summed E-state index contributed by atoms with van der Waals surface area (Å²) in [6.07, 6.45) is 3.96. The van der Waals surface area contributed by atoms with E-state index in [1.807, 2.05) is 4.72 Å². The van der Waals surface area contributed by atoms with Gasteiger partial charge in [0, 0.05) is 17.8 Å². The van der Waals surface area contributed by atoms with Crippen molar-refractivity contribution in [1.82, 2.24) is 9.71 Å². The van der Waals surface area contributed by atoms with Crippen LogP contribution < -0.4 is 9.46 Å². The number of hydrogen-bond acceptors (Lipinski definition) is 5. The summed E-state index contributed by atoms with van der Waals surface area (Å²) >= 11 is 5.64. The molecule has 0 radical (unpaired) electrons. The molecule has 0 fully saturated rings. The van der Waals surface area contributed by atoms with Crippen LogP contribution >= 0.6 is 11.6 Å². The van der Waals surface area contributed by atoms with Gasteiger partial charge < -0.3 is 4.74 Å². The summed E-state index contributed by atoms with van der Waals surface area (Å²) in [5.74, 6) is -0.537. The van der Waals surface area contributed by atoms with E-state index in [0.29, 0.717) is 16.9 Å². The lowest BCUT2D eigenvalue weighted by Gasteiger charge is -2.05. The highest BCUT2D eigenvalue weighted by Gasteiger charge is 2.14. The zero-order valence-corrected chi connectivity index (χ0v) is 14.3. The molecule has 0 aliphatic rings. The highest BCUT2D eigenvalue weighted by atomic mass is 35.5. The Morgan fingerprint density at radius 1 is 1.29 bits per heavy atom. The normalized spacial score (nSPS) is 11.4. The van der Waals surface area contributed by atoms with Crippen molar-refractivity contribution in [1.29, 1.82) is 0 Å². The van der Waals surface area contributed by atoms with Crippen LogP contribution in [0.5, 0.6) is 5.75 Å². The van der Waals surface area contributed by atoms with Crippen LogP contribution in [0.1, 0.15) is 11.1 Å². The predicted molar refractivity (Wildman–Crippen MR) is 92.0 cm³/mol. The molecular weight excluding hydrogens is 352 g/mol. The third-order valence-electron chi connectivity index (χ3n) is 2.95. The molecule has 0 saturated heterocycles. The van der Waals surface area contributed by atoms with E-state index in [2.05, 4.69) is 4.98 Å². The van der Waals surface area contributed by atoms with Crippen LogP contribution in [0.2, 0.25) is 5.15 Å². The summed E-state index contributed by atoms with van der Waals surface area (Å²) in [5, 5.41) is 0.264. The number of aromatic nitrogens is 1. The van der Waals surface area contributed by atoms with Gasteiger partial charge in [0.1, 0.15) is 10.9 Å². The van der Waals surface area contributed by atoms with E-state index in [9.17, 15) is 13.2 Å². The van der Waals surface area contributed by atoms with Gasteiger partial charge in [0.2, 0.25) is 10.0 Å². The van der Waals surface area contributed by atoms with Crippen LogP contribution in [-0.2, 0) is 20.6 Å². The first kappa shape index (κ1) is 18.0. The number of carbonyl (C=O) groups excluding carboxylic acids is 1. The average Bonchev–Trinajstić information content (AvgIpc) is 2.54. The molecule has 0 aliphatic heterocycles. The number of hydrogen-bond donors (Lipinski definition) is 1. The zero-order chi connectivity index (χ0) is 17.6. The fourth-order valence-electron chi connectivity index (χ4n) is 1.90. The summed E-state index contributed by atoms with van der Waals surface area (Å²) in [4.78, 5) is 15.6. The number of amides is 1. The lowest BCUT2D eigenvalue weighted by atomic mass is 10.2. The van der Waals surface area contributed by atoms with Crippen molar-refractivity contribution in [2.45, 2.75) is 5.75 Å². The van der Waals surface area contributed by atoms with E-state index in [0.717, 1.165) is 6.08 Å². The van der Waals surface area contributed by atoms with Crippen LogP contribution in [0.15, 0.2) is 48.7 Å². The van der Waals surface area contributed by atoms with Gasteiger partial charge in [-0.25, -0.2) is 18.1 Å². The maximum absolute atomic E-state index is 12.0. The molecule has 126 valence electrons. The highest BCUT2D eigenvalue weighted by Crippen LogP contribution is 2.18. The zero-order valence-electron chi connectivity index (χ0n) is 12.8. The average molecular weight is 367 g/mol. The van der Waals surface area contributed by atoms with E-state index in [-0.39, 0.29) is 10.9 Å². The number of carbonyl (C=O) groups is 1. The Labute approximate surface area is 145 Å². The Balaban J connectivity index is 2.02. The third-order valence-corrected chi connectivity index (χ3v) is 4.40. The van der Waals surface area contributed by atoms with Gasteiger partial charge in [-0.05, 0) is 23.8 Å². The number of halogens is 1. The lowest BCUT2D eigenvalue weighted by molar-refractivity contribution is -0.114. The maximum Gasteiger partial charge on any atom is 0.257 e. The minimum absolute atomic E-state index is 0.264. The first-order valence-corrected chi connectivity index (χ1v) is 8.88. The number of methoxy groups -OCH3 is 1. The molecule has 1 aromatic carbocycles. The molecule has 1 amide bonds. The van der Waals surface area contributed by atoms with Gasteiger partial charge in [-0.3, -0.25) is 4.79 Å². The van der Waals surface area contributed by atoms with E-state index in [1.165, 1.54) is 31.5 Å². The summed E-state index contributed by atoms with van der Waals surface area (Å²) < 4.78 is 31.1. The number of pyridine rings is 1. The second kappa shape index (κ2) is 7.94. The topological polar surface area (TPSA) is 85.4 Å². The van der Waals surface area contributed by atoms with Gasteiger partial charge >= 0.3 is 0 Å². The van der Waals surface area contributed by atoms with Crippen LogP contribution in [0.25, 0.3) is 6.08 Å². The van der Waals surface area contributed by atoms with Gasteiger partial charge in [0.25, 0.3) is 5.91 Å². The summed E-state index contributed by atoms with van der Waals surface area (Å²) in [6.45, 7) is 0. The number of rotatable bonds is 6. The molecule has 0 saturated carbocycles. The van der Waals surface area contributed by atoms with Gasteiger partial charge in [0.05, 0.1) is 12.9 Å². The molecule has 8 heteroatoms. The van der Waals surface area contributed by atoms with Crippen LogP contribution in [0.4, 0.5) is 0 Å². The fraction of sp³-hybridized carbons (Fsp3) is 0.125. The molecule has 0 bridgehead atoms. The molecule has 0 spiro atoms. The molecule has 1 aromatic heterocycles. The van der Waals surface area contributed by atoms with Crippen LogP contribution in [-0.4, -0.2) is 26.4 Å². The SMILES string of the molecule is COc1ccccc1C=CC(=O)NS(=O)(=O)Cc1ccc(Cl)nc1. The van der Waals surface area contributed by atoms with Gasteiger partial charge in [0.15, 0.2) is 0 Å². The molecule has 0 unspecified atom stereocenters. The number of nitrogens with one attached hydrogen (secondary N) is 1. The number of sulfonamides is 1. The van der Waals surface area contributed by atoms with Crippen molar-refractivity contribution in [3.05, 3.63) is 65.0 Å². The monoisotopic (exact) mass is 366 g/mol. The summed E-state index contributed by atoms with van der Waals surface area (Å²) in [7, 11) is -2.32. The molecule has 24 heavy (non-hydrogen) atoms. The summed E-state index contributed by atoms with van der Waals surface area (Å²) in [5.41, 5.74) is 1.09. The van der Waals surface area contributed by atoms with Crippen molar-refractivity contribution in [2.75, 3.05) is 7.11 Å². The minimum atomic E-state index is -3.83. The standard InChI is InChI=1S/C16H15ClN2O4S/c1-23-14-5-3-2-4-13(14)7-9-16(20)19-24(21,22)11-12-6-8-15(17)18-10-12/h2-10H,11H2,1H3,(H,19,20). The molecule has 1 heterocycles. The van der Waals surface area contributed by atoms with Crippen molar-refractivity contribution in [3.63, 3.8) is 0 Å². The fourth-order valence-corrected chi connectivity index (χ4v) is 3.07. The molecule has 0 aliphatic carbocycles. The number of para-hydroxylation sites is 1. The minimum Gasteiger partial charge on any atom is -0.496 e. The smallest absolute Gasteiger partial charge is 0.257 e. The largest absolute Gasteiger partial charge is 0.496 e. The lowest BCUT2D eigenvalue weighted by Crippen LogP contribution is -2.30. The Bertz CT molecular complexity index is 849. The first-order chi connectivity index (χ1) is 11.4. The summed E-state index contributed by atoms with van der Waals surface area (Å²) in [6, 6.07) is 10.1. The van der Waals surface area contributed by atoms with E-state index < -0.39 is 15.9 Å². The Kier molecular flexibility index (Phi) is 5.94. The Hall–Kier alpha value is -2.38. The van der Waals surface area contributed by atoms with Gasteiger partial charge in [-0.2, -0.15) is 0 Å². The van der Waals surface area contributed by atoms with E-state index >= 15 is 0 Å². The van der Waals surface area contributed by atoms with Crippen LogP contribution in [0, 0.1) is 0 Å². The molecule has 1 N–H and O–H groups in total. The van der Waals surface area contributed by atoms with Gasteiger partial charge in [-0.15, -0.1) is 0 Å². The van der Waals surface area contributed by atoms with E-state index in [1.54, 1.807) is 24.3 Å². The van der Waals surface area contributed by atoms with Crippen LogP contribution in [0.3, 0.4) is 0 Å². The van der Waals surface area contributed by atoms with Crippen molar-refractivity contribution in [2.24, 2.45) is 0 Å². The Morgan fingerprint density at radius 2 is 2.04 bits per heavy atom. The maximum atomic E-state index is 12.0. The predicted octanol–water partition coefficient (Wildman–Crippen LogP) is 2.40. The quantitative estimate of drug-likeness (QED) is 0.626. The van der Waals surface area contributed by atoms with Crippen molar-refractivity contribution >= 4 is 33.6 Å². The molecule has 0 atom stereocenters. The highest BCUT2D eigenvalue weighted by molar-refractivity contribution is 7.89. The third kappa shape index (κ3) is 5.36. The van der Waals surface area contributed by atoms with Crippen molar-refractivity contribution in [3.8, 4) is 5.75 Å². The molecule has 6 nitrogen and oxygen atoms in total. The van der Waals surface area contributed by atoms with Gasteiger partial charge in [-0.1, -0.05) is 35.9 Å². The second-order valence-corrected chi connectivity index (χ2v) is 6.90. The van der Waals surface area contributed by atoms with E-state index in [4.69, 9.17) is 16.3 Å². The molecule has 2 rings (SSSR count).